The van der Waals surface area contributed by atoms with Crippen molar-refractivity contribution >= 4 is 58.3 Å². The first-order chi connectivity index (χ1) is 15.1. The van der Waals surface area contributed by atoms with Crippen molar-refractivity contribution in [2.75, 3.05) is 11.5 Å². The minimum atomic E-state index is -0.180. The maximum Gasteiger partial charge on any atom is 0.315 e. The van der Waals surface area contributed by atoms with Crippen LogP contribution < -0.4 is 0 Å². The van der Waals surface area contributed by atoms with Crippen LogP contribution in [-0.4, -0.2) is 56.8 Å². The Hall–Kier alpha value is 0.439. The van der Waals surface area contributed by atoms with E-state index in [4.69, 9.17) is 9.47 Å². The monoisotopic (exact) mass is 582 g/mol. The number of ether oxygens (including phenoxy) is 2. The summed E-state index contributed by atoms with van der Waals surface area (Å²) in [6.07, 6.45) is 17.7. The molecule has 2 aliphatic carbocycles. The number of unbranched alkanes of at least 4 members (excludes halogenated alkanes) is 2. The second-order valence-electron chi connectivity index (χ2n) is 8.27. The molecule has 2 saturated carbocycles. The minimum absolute atomic E-state index is 0.149. The molecule has 0 unspecified atom stereocenters. The first-order valence-corrected chi connectivity index (χ1v) is 17.7. The van der Waals surface area contributed by atoms with E-state index >= 15 is 0 Å². The largest absolute Gasteiger partial charge is 0.462 e. The first kappa shape index (κ1) is 31.4. The van der Waals surface area contributed by atoms with Gasteiger partial charge in [0, 0.05) is 0 Å². The van der Waals surface area contributed by atoms with Gasteiger partial charge in [-0.3, -0.25) is 9.59 Å². The van der Waals surface area contributed by atoms with Crippen LogP contribution in [0.3, 0.4) is 0 Å². The van der Waals surface area contributed by atoms with Crippen molar-refractivity contribution in [1.29, 1.82) is 0 Å². The van der Waals surface area contributed by atoms with Crippen molar-refractivity contribution in [2.24, 2.45) is 0 Å². The van der Waals surface area contributed by atoms with Gasteiger partial charge in [0.15, 0.2) is 0 Å². The van der Waals surface area contributed by atoms with Crippen LogP contribution in [-0.2, 0) is 19.1 Å². The normalized spacial score (nSPS) is 16.9. The van der Waals surface area contributed by atoms with Gasteiger partial charge in [0.2, 0.25) is 0 Å². The molecular formula is C24H46O4S2Sn. The van der Waals surface area contributed by atoms with Gasteiger partial charge in [-0.15, -0.1) is 0 Å². The van der Waals surface area contributed by atoms with Crippen molar-refractivity contribution in [3.8, 4) is 0 Å². The predicted octanol–water partition coefficient (Wildman–Crippen LogP) is 6.71. The summed E-state index contributed by atoms with van der Waals surface area (Å²) in [5.74, 6) is 0.0490. The van der Waals surface area contributed by atoms with Gasteiger partial charge < -0.3 is 9.47 Å². The molecule has 0 aromatic carbocycles. The van der Waals surface area contributed by atoms with E-state index in [1.54, 1.807) is 8.87 Å². The molecule has 0 amide bonds. The van der Waals surface area contributed by atoms with E-state index in [1.165, 1.54) is 64.2 Å². The third-order valence-corrected chi connectivity index (χ3v) is 9.93. The van der Waals surface area contributed by atoms with E-state index in [2.05, 4.69) is 39.1 Å². The van der Waals surface area contributed by atoms with Crippen molar-refractivity contribution in [2.45, 2.75) is 125 Å². The van der Waals surface area contributed by atoms with E-state index in [1.807, 2.05) is 0 Å². The Balaban J connectivity index is 0.000000439. The molecule has 0 aromatic heterocycles. The minimum Gasteiger partial charge on any atom is -0.462 e. The molecule has 0 aliphatic heterocycles. The maximum absolute atomic E-state index is 10.8. The Bertz CT molecular complexity index is 388. The molecule has 0 N–H and O–H groups in total. The molecule has 31 heavy (non-hydrogen) atoms. The van der Waals surface area contributed by atoms with Crippen LogP contribution in [0.5, 0.6) is 0 Å². The van der Waals surface area contributed by atoms with Crippen molar-refractivity contribution in [3.63, 3.8) is 0 Å². The SMILES string of the molecule is CCC[CH2][Sn][CH2]CCC.O=C(CS)OC1CCCCC1.O=C(CS)OC1CCCCC1. The van der Waals surface area contributed by atoms with Crippen molar-refractivity contribution in [1.82, 2.24) is 0 Å². The molecule has 2 radical (unpaired) electrons. The molecule has 0 atom stereocenters. The van der Waals surface area contributed by atoms with Gasteiger partial charge in [0.05, 0.1) is 11.5 Å². The molecule has 0 heterocycles. The zero-order chi connectivity index (χ0) is 23.2. The molecule has 0 spiro atoms. The van der Waals surface area contributed by atoms with Crippen LogP contribution in [0.1, 0.15) is 104 Å². The smallest absolute Gasteiger partial charge is 0.315 e. The second-order valence-corrected chi connectivity index (χ2v) is 13.2. The summed E-state index contributed by atoms with van der Waals surface area (Å²) in [7, 11) is 0. The van der Waals surface area contributed by atoms with E-state index in [0.717, 1.165) is 25.7 Å². The van der Waals surface area contributed by atoms with Gasteiger partial charge in [-0.1, -0.05) is 12.8 Å². The third-order valence-electron chi connectivity index (χ3n) is 5.37. The average molecular weight is 581 g/mol. The number of esters is 2. The second kappa shape index (κ2) is 23.6. The van der Waals surface area contributed by atoms with Crippen LogP contribution >= 0.6 is 25.3 Å². The van der Waals surface area contributed by atoms with Gasteiger partial charge in [0.25, 0.3) is 0 Å². The Morgan fingerprint density at radius 1 is 0.710 bits per heavy atom. The zero-order valence-electron chi connectivity index (χ0n) is 19.9. The fraction of sp³-hybridized carbons (Fsp3) is 0.917. The van der Waals surface area contributed by atoms with Crippen LogP contribution in [0.4, 0.5) is 0 Å². The van der Waals surface area contributed by atoms with Gasteiger partial charge >= 0.3 is 81.5 Å². The van der Waals surface area contributed by atoms with E-state index < -0.39 is 0 Å². The summed E-state index contributed by atoms with van der Waals surface area (Å²) in [6, 6.07) is 0. The summed E-state index contributed by atoms with van der Waals surface area (Å²) in [5, 5.41) is 0. The van der Waals surface area contributed by atoms with Crippen LogP contribution in [0.25, 0.3) is 0 Å². The van der Waals surface area contributed by atoms with Crippen LogP contribution in [0.2, 0.25) is 8.87 Å². The maximum atomic E-state index is 10.8. The number of hydrogen-bond donors (Lipinski definition) is 2. The van der Waals surface area contributed by atoms with E-state index in [0.29, 0.717) is 0 Å². The predicted molar refractivity (Wildman–Crippen MR) is 139 cm³/mol. The Morgan fingerprint density at radius 2 is 1.06 bits per heavy atom. The summed E-state index contributed by atoms with van der Waals surface area (Å²) in [4.78, 5) is 21.6. The molecule has 0 aromatic rings. The quantitative estimate of drug-likeness (QED) is 0.130. The number of rotatable bonds is 10. The van der Waals surface area contributed by atoms with Gasteiger partial charge in [-0.05, 0) is 51.4 Å². The number of carbonyl (C=O) groups excluding carboxylic acids is 2. The van der Waals surface area contributed by atoms with Crippen molar-refractivity contribution in [3.05, 3.63) is 0 Å². The Labute approximate surface area is 212 Å². The third kappa shape index (κ3) is 20.8. The molecule has 0 saturated heterocycles. The molecule has 4 nitrogen and oxygen atoms in total. The summed E-state index contributed by atoms with van der Waals surface area (Å²) in [5.41, 5.74) is 0. The summed E-state index contributed by atoms with van der Waals surface area (Å²) >= 11 is 7.83. The van der Waals surface area contributed by atoms with Crippen LogP contribution in [0.15, 0.2) is 0 Å². The topological polar surface area (TPSA) is 52.6 Å². The van der Waals surface area contributed by atoms with Gasteiger partial charge in [-0.2, -0.15) is 25.3 Å². The molecule has 2 aliphatic rings. The zero-order valence-corrected chi connectivity index (χ0v) is 24.6. The van der Waals surface area contributed by atoms with Crippen molar-refractivity contribution < 1.29 is 19.1 Å². The Kier molecular flexibility index (Phi) is 23.9. The van der Waals surface area contributed by atoms with Crippen LogP contribution in [0, 0.1) is 0 Å². The molecule has 2 fully saturated rings. The molecule has 7 heteroatoms. The number of hydrogen-bond acceptors (Lipinski definition) is 6. The summed E-state index contributed by atoms with van der Waals surface area (Å²) in [6.45, 7) is 4.58. The molecule has 0 bridgehead atoms. The average Bonchev–Trinajstić information content (AvgIpc) is 2.81. The molecule has 2 rings (SSSR count). The van der Waals surface area contributed by atoms with E-state index in [-0.39, 0.29) is 56.8 Å². The number of thiol groups is 2. The Morgan fingerprint density at radius 3 is 1.35 bits per heavy atom. The first-order valence-electron chi connectivity index (χ1n) is 12.4. The standard InChI is InChI=1S/2C8H14O2S.2C4H9.Sn/c2*9-8(6-11)10-7-4-2-1-3-5-7;2*1-3-4-2;/h2*7,11H,1-6H2;2*1,3-4H2,2H3;. The van der Waals surface area contributed by atoms with Gasteiger partial charge in [-0.25, -0.2) is 0 Å². The molecule has 182 valence electrons. The molecular weight excluding hydrogens is 535 g/mol. The number of carbonyl (C=O) groups is 2. The fourth-order valence-corrected chi connectivity index (χ4v) is 7.85. The van der Waals surface area contributed by atoms with E-state index in [9.17, 15) is 9.59 Å². The summed E-state index contributed by atoms with van der Waals surface area (Å²) < 4.78 is 13.5. The van der Waals surface area contributed by atoms with Gasteiger partial charge in [0.1, 0.15) is 12.2 Å². The fourth-order valence-electron chi connectivity index (χ4n) is 3.54.